The topological polar surface area (TPSA) is 38.9 Å². The summed E-state index contributed by atoms with van der Waals surface area (Å²) < 4.78 is 5.23. The number of furan rings is 1. The van der Waals surface area contributed by atoms with Gasteiger partial charge in [0.15, 0.2) is 5.76 Å². The Balaban J connectivity index is 2.22. The Morgan fingerprint density at radius 3 is 2.67 bits per heavy atom. The molecule has 0 aliphatic heterocycles. The second kappa shape index (κ2) is 3.20. The number of hydrogen-bond donors (Lipinski definition) is 0. The number of hydrogen-bond acceptors (Lipinski definition) is 3. The maximum absolute atomic E-state index is 5.23. The van der Waals surface area contributed by atoms with Gasteiger partial charge in [-0.3, -0.25) is 0 Å². The van der Waals surface area contributed by atoms with E-state index < -0.39 is 0 Å². The molecule has 3 aromatic rings. The molecule has 1 radical (unpaired) electrons. The number of aromatic nitrogens is 2. The summed E-state index contributed by atoms with van der Waals surface area (Å²) in [5.41, 5.74) is 2.33. The number of fused-ring (bicyclic) bond motifs is 1. The lowest BCUT2D eigenvalue weighted by molar-refractivity contribution is 0.580. The zero-order chi connectivity index (χ0) is 10.1. The Labute approximate surface area is 86.4 Å². The van der Waals surface area contributed by atoms with E-state index in [0.717, 1.165) is 11.0 Å². The molecule has 0 fully saturated rings. The number of rotatable bonds is 1. The van der Waals surface area contributed by atoms with Gasteiger partial charge in [-0.05, 0) is 24.3 Å². The molecule has 3 nitrogen and oxygen atoms in total. The van der Waals surface area contributed by atoms with Crippen LogP contribution in [0.25, 0.3) is 22.5 Å². The summed E-state index contributed by atoms with van der Waals surface area (Å²) in [6.45, 7) is 0. The minimum Gasteiger partial charge on any atom is -0.463 e. The maximum Gasteiger partial charge on any atom is 0.154 e. The fraction of sp³-hybridized carbons (Fsp3) is 0. The normalized spacial score (nSPS) is 10.7. The molecule has 2 heterocycles. The second-order valence-electron chi connectivity index (χ2n) is 3.15. The first kappa shape index (κ1) is 8.17. The van der Waals surface area contributed by atoms with E-state index in [1.165, 1.54) is 0 Å². The monoisotopic (exact) mass is 195 g/mol. The second-order valence-corrected chi connectivity index (χ2v) is 3.15. The first-order valence-electron chi connectivity index (χ1n) is 4.62. The van der Waals surface area contributed by atoms with Gasteiger partial charge in [0.1, 0.15) is 11.9 Å². The number of para-hydroxylation sites is 2. The number of benzene rings is 1. The summed E-state index contributed by atoms with van der Waals surface area (Å²) in [5.74, 6) is 0.688. The zero-order valence-electron chi connectivity index (χ0n) is 7.84. The van der Waals surface area contributed by atoms with E-state index >= 15 is 0 Å². The van der Waals surface area contributed by atoms with Crippen molar-refractivity contribution in [1.82, 2.24) is 9.97 Å². The van der Waals surface area contributed by atoms with E-state index in [2.05, 4.69) is 16.2 Å². The van der Waals surface area contributed by atoms with Crippen LogP contribution < -0.4 is 0 Å². The van der Waals surface area contributed by atoms with Crippen molar-refractivity contribution < 1.29 is 4.42 Å². The quantitative estimate of drug-likeness (QED) is 0.599. The van der Waals surface area contributed by atoms with E-state index in [1.54, 1.807) is 6.26 Å². The van der Waals surface area contributed by atoms with Gasteiger partial charge < -0.3 is 4.42 Å². The van der Waals surface area contributed by atoms with Crippen molar-refractivity contribution in [2.45, 2.75) is 0 Å². The molecular formula is C12H7N2O. The smallest absolute Gasteiger partial charge is 0.154 e. The van der Waals surface area contributed by atoms with Crippen molar-refractivity contribution in [2.24, 2.45) is 0 Å². The standard InChI is InChI=1S/C12H7N2O/c1-2-5-10-9(4-1)13-8-11(14-10)12-6-3-7-15-12/h1-7H. The minimum absolute atomic E-state index is 0.638. The highest BCUT2D eigenvalue weighted by Crippen LogP contribution is 2.18. The molecule has 3 rings (SSSR count). The fourth-order valence-corrected chi connectivity index (χ4v) is 1.44. The van der Waals surface area contributed by atoms with E-state index in [9.17, 15) is 0 Å². The van der Waals surface area contributed by atoms with Gasteiger partial charge in [-0.1, -0.05) is 12.1 Å². The van der Waals surface area contributed by atoms with Crippen molar-refractivity contribution in [2.75, 3.05) is 0 Å². The Bertz CT molecular complexity index is 587. The number of nitrogens with zero attached hydrogens (tertiary/aromatic N) is 2. The first-order chi connectivity index (χ1) is 7.43. The van der Waals surface area contributed by atoms with Crippen LogP contribution in [0.5, 0.6) is 0 Å². The van der Waals surface area contributed by atoms with Crippen molar-refractivity contribution in [3.63, 3.8) is 0 Å². The molecule has 0 unspecified atom stereocenters. The molecule has 0 atom stereocenters. The van der Waals surface area contributed by atoms with Gasteiger partial charge in [0.2, 0.25) is 0 Å². The Morgan fingerprint density at radius 2 is 1.87 bits per heavy atom. The van der Waals surface area contributed by atoms with Crippen LogP contribution in [-0.4, -0.2) is 9.97 Å². The molecule has 0 bridgehead atoms. The largest absolute Gasteiger partial charge is 0.463 e. The van der Waals surface area contributed by atoms with Gasteiger partial charge in [-0.25, -0.2) is 9.97 Å². The van der Waals surface area contributed by atoms with Crippen LogP contribution in [0.3, 0.4) is 0 Å². The van der Waals surface area contributed by atoms with Crippen LogP contribution in [0.15, 0.2) is 47.1 Å². The Morgan fingerprint density at radius 1 is 1.00 bits per heavy atom. The molecule has 71 valence electrons. The van der Waals surface area contributed by atoms with E-state index in [4.69, 9.17) is 4.42 Å². The summed E-state index contributed by atoms with van der Waals surface area (Å²) in [4.78, 5) is 8.60. The van der Waals surface area contributed by atoms with Crippen LogP contribution in [0, 0.1) is 6.20 Å². The summed E-state index contributed by atoms with van der Waals surface area (Å²) in [7, 11) is 0. The SMILES string of the molecule is [c]1nc2ccccc2nc1-c1ccco1. The zero-order valence-corrected chi connectivity index (χ0v) is 7.84. The third-order valence-corrected chi connectivity index (χ3v) is 2.15. The Hall–Kier alpha value is -2.16. The molecular weight excluding hydrogens is 188 g/mol. The van der Waals surface area contributed by atoms with Gasteiger partial charge in [0.25, 0.3) is 0 Å². The van der Waals surface area contributed by atoms with Crippen LogP contribution >= 0.6 is 0 Å². The van der Waals surface area contributed by atoms with Crippen molar-refractivity contribution in [3.05, 3.63) is 48.9 Å². The molecule has 0 aliphatic rings. The summed E-state index contributed by atoms with van der Waals surface area (Å²) in [5, 5.41) is 0. The molecule has 2 aromatic heterocycles. The van der Waals surface area contributed by atoms with Crippen molar-refractivity contribution >= 4 is 11.0 Å². The summed E-state index contributed by atoms with van der Waals surface area (Å²) in [6.07, 6.45) is 4.47. The molecule has 3 heteroatoms. The van der Waals surface area contributed by atoms with Crippen LogP contribution in [-0.2, 0) is 0 Å². The summed E-state index contributed by atoms with van der Waals surface area (Å²) >= 11 is 0. The highest BCUT2D eigenvalue weighted by molar-refractivity contribution is 5.75. The molecule has 0 N–H and O–H groups in total. The molecule has 0 saturated heterocycles. The van der Waals surface area contributed by atoms with Gasteiger partial charge in [0.05, 0.1) is 17.3 Å². The molecule has 15 heavy (non-hydrogen) atoms. The molecule has 0 saturated carbocycles. The predicted molar refractivity (Wildman–Crippen MR) is 56.1 cm³/mol. The molecule has 1 aromatic carbocycles. The average molecular weight is 195 g/mol. The fourth-order valence-electron chi connectivity index (χ4n) is 1.44. The maximum atomic E-state index is 5.23. The average Bonchev–Trinajstić information content (AvgIpc) is 2.82. The Kier molecular flexibility index (Phi) is 1.75. The third-order valence-electron chi connectivity index (χ3n) is 2.15. The van der Waals surface area contributed by atoms with Gasteiger partial charge >= 0.3 is 0 Å². The van der Waals surface area contributed by atoms with E-state index in [1.807, 2.05) is 36.4 Å². The van der Waals surface area contributed by atoms with Crippen LogP contribution in [0.2, 0.25) is 0 Å². The third kappa shape index (κ3) is 1.38. The van der Waals surface area contributed by atoms with Crippen molar-refractivity contribution in [3.8, 4) is 11.5 Å². The first-order valence-corrected chi connectivity index (χ1v) is 4.62. The predicted octanol–water partition coefficient (Wildman–Crippen LogP) is 2.69. The lowest BCUT2D eigenvalue weighted by Crippen LogP contribution is -1.87. The van der Waals surface area contributed by atoms with E-state index in [0.29, 0.717) is 11.5 Å². The lowest BCUT2D eigenvalue weighted by Gasteiger charge is -1.97. The highest BCUT2D eigenvalue weighted by Gasteiger charge is 2.04. The van der Waals surface area contributed by atoms with Crippen molar-refractivity contribution in [1.29, 1.82) is 0 Å². The highest BCUT2D eigenvalue weighted by atomic mass is 16.3. The van der Waals surface area contributed by atoms with Gasteiger partial charge in [-0.2, -0.15) is 0 Å². The van der Waals surface area contributed by atoms with E-state index in [-0.39, 0.29) is 0 Å². The van der Waals surface area contributed by atoms with Gasteiger partial charge in [0, 0.05) is 0 Å². The lowest BCUT2D eigenvalue weighted by atomic mass is 10.3. The molecule has 0 aliphatic carbocycles. The summed E-state index contributed by atoms with van der Waals surface area (Å²) in [6, 6.07) is 11.4. The van der Waals surface area contributed by atoms with Crippen LogP contribution in [0.1, 0.15) is 0 Å². The molecule has 0 amide bonds. The molecule has 0 spiro atoms. The minimum atomic E-state index is 0.638. The van der Waals surface area contributed by atoms with Crippen LogP contribution in [0.4, 0.5) is 0 Å². The van der Waals surface area contributed by atoms with Gasteiger partial charge in [-0.15, -0.1) is 0 Å².